The summed E-state index contributed by atoms with van der Waals surface area (Å²) in [5, 5.41) is 13.4. The number of fused-ring (bicyclic) bond motifs is 1. The predicted molar refractivity (Wildman–Crippen MR) is 111 cm³/mol. The van der Waals surface area contributed by atoms with Crippen molar-refractivity contribution in [1.29, 1.82) is 0 Å². The van der Waals surface area contributed by atoms with Gasteiger partial charge in [-0.15, -0.1) is 17.5 Å². The second-order valence-electron chi connectivity index (χ2n) is 6.99. The molecular weight excluding hydrogens is 400 g/mol. The fourth-order valence-corrected chi connectivity index (χ4v) is 4.71. The van der Waals surface area contributed by atoms with Crippen LogP contribution in [0, 0.1) is 12.8 Å². The van der Waals surface area contributed by atoms with Crippen LogP contribution in [-0.2, 0) is 16.4 Å². The number of allylic oxidation sites excluding steroid dienone is 1. The van der Waals surface area contributed by atoms with E-state index in [0.29, 0.717) is 17.7 Å². The molecule has 0 amide bonds. The van der Waals surface area contributed by atoms with E-state index in [1.54, 1.807) is 18.2 Å². The van der Waals surface area contributed by atoms with Gasteiger partial charge in [-0.2, -0.15) is 12.5 Å². The number of benzene rings is 1. The zero-order valence-electron chi connectivity index (χ0n) is 16.0. The average molecular weight is 425 g/mol. The lowest BCUT2D eigenvalue weighted by molar-refractivity contribution is 0.0690. The highest BCUT2D eigenvalue weighted by atomic mass is 35.5. The van der Waals surface area contributed by atoms with Crippen molar-refractivity contribution in [3.8, 4) is 0 Å². The number of hydrogen-bond donors (Lipinski definition) is 1. The minimum absolute atomic E-state index is 0. The van der Waals surface area contributed by atoms with Crippen LogP contribution in [0.4, 0.5) is 0 Å². The molecule has 0 saturated heterocycles. The molecule has 152 valence electrons. The van der Waals surface area contributed by atoms with Gasteiger partial charge in [0.25, 0.3) is 10.0 Å². The average Bonchev–Trinajstić information content (AvgIpc) is 3.02. The number of halogens is 1. The van der Waals surface area contributed by atoms with Crippen LogP contribution in [0.3, 0.4) is 0 Å². The van der Waals surface area contributed by atoms with Crippen LogP contribution in [-0.4, -0.2) is 28.7 Å². The van der Waals surface area contributed by atoms with Gasteiger partial charge in [0.2, 0.25) is 0 Å². The van der Waals surface area contributed by atoms with Gasteiger partial charge in [-0.05, 0) is 37.8 Å². The van der Waals surface area contributed by atoms with Crippen LogP contribution in [0.2, 0.25) is 0 Å². The molecule has 1 aromatic heterocycles. The van der Waals surface area contributed by atoms with Gasteiger partial charge in [0.05, 0.1) is 10.6 Å². The molecule has 0 fully saturated rings. The van der Waals surface area contributed by atoms with Gasteiger partial charge in [-0.25, -0.2) is 4.79 Å². The minimum Gasteiger partial charge on any atom is -0.476 e. The Morgan fingerprint density at radius 2 is 1.93 bits per heavy atom. The Labute approximate surface area is 171 Å². The lowest BCUT2D eigenvalue weighted by atomic mass is 9.89. The third-order valence-electron chi connectivity index (χ3n) is 4.91. The lowest BCUT2D eigenvalue weighted by Crippen LogP contribution is -2.20. The highest BCUT2D eigenvalue weighted by molar-refractivity contribution is 7.89. The molecule has 0 radical (unpaired) electrons. The number of aryl methyl sites for hydroxylation is 1. The summed E-state index contributed by atoms with van der Waals surface area (Å²) < 4.78 is 27.1. The number of rotatable bonds is 7. The number of unbranched alkanes of at least 4 members (excludes halogenated alkanes) is 2. The molecule has 2 aromatic rings. The summed E-state index contributed by atoms with van der Waals surface area (Å²) in [5.41, 5.74) is 1.58. The predicted octanol–water partition coefficient (Wildman–Crippen LogP) is 4.31. The first-order chi connectivity index (χ1) is 12.8. The van der Waals surface area contributed by atoms with Gasteiger partial charge in [0.15, 0.2) is 5.69 Å². The van der Waals surface area contributed by atoms with E-state index in [1.807, 2.05) is 13.0 Å². The molecule has 0 spiro atoms. The highest BCUT2D eigenvalue weighted by Crippen LogP contribution is 2.31. The molecule has 1 aliphatic carbocycles. The summed E-state index contributed by atoms with van der Waals surface area (Å²) in [4.78, 5) is 11.7. The SMILES string of the molecule is CCCCCC1C=Cc2c(C(=O)O)nn(S(=O)(=O)c3ccc(C)cc3)c2C1.Cl. The smallest absolute Gasteiger partial charge is 0.357 e. The number of aromatic nitrogens is 2. The Bertz CT molecular complexity index is 978. The Morgan fingerprint density at radius 3 is 2.54 bits per heavy atom. The van der Waals surface area contributed by atoms with Crippen molar-refractivity contribution in [2.75, 3.05) is 0 Å². The third-order valence-corrected chi connectivity index (χ3v) is 6.53. The molecule has 28 heavy (non-hydrogen) atoms. The molecular formula is C20H25ClN2O4S. The number of aromatic carboxylic acids is 1. The summed E-state index contributed by atoms with van der Waals surface area (Å²) in [6, 6.07) is 6.48. The first-order valence-electron chi connectivity index (χ1n) is 9.20. The molecule has 0 bridgehead atoms. The van der Waals surface area contributed by atoms with E-state index >= 15 is 0 Å². The number of hydrogen-bond acceptors (Lipinski definition) is 4. The Kier molecular flexibility index (Phi) is 7.06. The Morgan fingerprint density at radius 1 is 1.25 bits per heavy atom. The van der Waals surface area contributed by atoms with Crippen molar-refractivity contribution in [2.45, 2.75) is 50.8 Å². The quantitative estimate of drug-likeness (QED) is 0.668. The summed E-state index contributed by atoms with van der Waals surface area (Å²) in [6.45, 7) is 4.01. The Hall–Kier alpha value is -2.12. The van der Waals surface area contributed by atoms with E-state index < -0.39 is 16.0 Å². The highest BCUT2D eigenvalue weighted by Gasteiger charge is 2.31. The molecule has 0 saturated carbocycles. The first-order valence-corrected chi connectivity index (χ1v) is 10.6. The first kappa shape index (κ1) is 22.2. The van der Waals surface area contributed by atoms with Gasteiger partial charge in [-0.3, -0.25) is 0 Å². The van der Waals surface area contributed by atoms with Crippen molar-refractivity contribution < 1.29 is 18.3 Å². The zero-order valence-corrected chi connectivity index (χ0v) is 17.6. The van der Waals surface area contributed by atoms with Crippen LogP contribution in [0.5, 0.6) is 0 Å². The molecule has 1 aromatic carbocycles. The maximum absolute atomic E-state index is 13.1. The lowest BCUT2D eigenvalue weighted by Gasteiger charge is -2.18. The topological polar surface area (TPSA) is 89.3 Å². The van der Waals surface area contributed by atoms with Crippen molar-refractivity contribution in [3.63, 3.8) is 0 Å². The van der Waals surface area contributed by atoms with E-state index in [4.69, 9.17) is 0 Å². The molecule has 6 nitrogen and oxygen atoms in total. The van der Waals surface area contributed by atoms with Crippen LogP contribution in [0.15, 0.2) is 35.2 Å². The normalized spacial score (nSPS) is 15.7. The maximum Gasteiger partial charge on any atom is 0.357 e. The van der Waals surface area contributed by atoms with E-state index in [-0.39, 0.29) is 28.9 Å². The Balaban J connectivity index is 0.00000280. The zero-order chi connectivity index (χ0) is 19.6. The van der Waals surface area contributed by atoms with Gasteiger partial charge < -0.3 is 5.11 Å². The standard InChI is InChI=1S/C20H24N2O4S.ClH/c1-3-4-5-6-15-9-12-17-18(13-15)22(21-19(17)20(23)24)27(25,26)16-10-7-14(2)8-11-16;/h7-12,15H,3-6,13H2,1-2H3,(H,23,24);1H. The van der Waals surface area contributed by atoms with E-state index in [1.165, 1.54) is 12.1 Å². The summed E-state index contributed by atoms with van der Waals surface area (Å²) in [6.07, 6.45) is 8.42. The molecule has 0 aliphatic heterocycles. The second-order valence-corrected chi connectivity index (χ2v) is 8.76. The number of nitrogens with zero attached hydrogens (tertiary/aromatic N) is 2. The van der Waals surface area contributed by atoms with Crippen molar-refractivity contribution >= 4 is 34.5 Å². The molecule has 1 atom stereocenters. The largest absolute Gasteiger partial charge is 0.476 e. The van der Waals surface area contributed by atoms with E-state index in [9.17, 15) is 18.3 Å². The molecule has 1 heterocycles. The molecule has 3 rings (SSSR count). The monoisotopic (exact) mass is 424 g/mol. The van der Waals surface area contributed by atoms with Gasteiger partial charge in [0.1, 0.15) is 0 Å². The van der Waals surface area contributed by atoms with Gasteiger partial charge in [0, 0.05) is 5.56 Å². The number of carboxylic acids is 1. The summed E-state index contributed by atoms with van der Waals surface area (Å²) >= 11 is 0. The van der Waals surface area contributed by atoms with E-state index in [0.717, 1.165) is 35.3 Å². The summed E-state index contributed by atoms with van der Waals surface area (Å²) in [7, 11) is -3.95. The van der Waals surface area contributed by atoms with Crippen molar-refractivity contribution in [3.05, 3.63) is 52.9 Å². The third kappa shape index (κ3) is 4.31. The summed E-state index contributed by atoms with van der Waals surface area (Å²) in [5.74, 6) is -1.03. The van der Waals surface area contributed by atoms with Gasteiger partial charge >= 0.3 is 5.97 Å². The minimum atomic E-state index is -3.95. The molecule has 1 aliphatic rings. The fraction of sp³-hybridized carbons (Fsp3) is 0.400. The number of carbonyl (C=O) groups is 1. The fourth-order valence-electron chi connectivity index (χ4n) is 3.38. The van der Waals surface area contributed by atoms with Crippen molar-refractivity contribution in [2.24, 2.45) is 5.92 Å². The molecule has 1 N–H and O–H groups in total. The van der Waals surface area contributed by atoms with Gasteiger partial charge in [-0.1, -0.05) is 56.0 Å². The van der Waals surface area contributed by atoms with Crippen LogP contribution in [0.1, 0.15) is 59.9 Å². The second kappa shape index (κ2) is 8.92. The van der Waals surface area contributed by atoms with Crippen LogP contribution >= 0.6 is 12.4 Å². The van der Waals surface area contributed by atoms with E-state index in [2.05, 4.69) is 12.0 Å². The molecule has 1 unspecified atom stereocenters. The maximum atomic E-state index is 13.1. The van der Waals surface area contributed by atoms with Crippen molar-refractivity contribution in [1.82, 2.24) is 9.19 Å². The number of carboxylic acid groups (broad SMARTS) is 1. The van der Waals surface area contributed by atoms with Crippen LogP contribution in [0.25, 0.3) is 6.08 Å². The van der Waals surface area contributed by atoms with Crippen LogP contribution < -0.4 is 0 Å². The molecule has 8 heteroatoms.